The van der Waals surface area contributed by atoms with E-state index in [1.165, 1.54) is 7.05 Å². The average Bonchev–Trinajstić information content (AvgIpc) is 2.23. The van der Waals surface area contributed by atoms with Crippen molar-refractivity contribution in [3.8, 4) is 0 Å². The first-order valence-electron chi connectivity index (χ1n) is 4.48. The van der Waals surface area contributed by atoms with Gasteiger partial charge in [0.1, 0.15) is 6.04 Å². The number of nitrogens with two attached hydrogens (primary N) is 1. The Hall–Kier alpha value is -0.820. The van der Waals surface area contributed by atoms with Crippen LogP contribution >= 0.6 is 0 Å². The number of alkyl halides is 3. The fourth-order valence-electron chi connectivity index (χ4n) is 2.05. The Bertz CT molecular complexity index is 257. The molecule has 1 rings (SSSR count). The maximum absolute atomic E-state index is 12.5. The molecule has 3 atom stereocenters. The van der Waals surface area contributed by atoms with Crippen molar-refractivity contribution in [2.24, 2.45) is 11.7 Å². The molecular weight excluding hydrogens is 213 g/mol. The lowest BCUT2D eigenvalue weighted by Gasteiger charge is -2.25. The van der Waals surface area contributed by atoms with Crippen LogP contribution in [0.2, 0.25) is 0 Å². The molecule has 0 aliphatic carbocycles. The molecule has 0 aromatic heterocycles. The normalized spacial score (nSPS) is 33.3. The van der Waals surface area contributed by atoms with E-state index in [9.17, 15) is 18.0 Å². The summed E-state index contributed by atoms with van der Waals surface area (Å²) in [6.45, 7) is 0.0671. The number of likely N-dealkylation sites (tertiary alicyclic amines) is 1. The number of carbonyl (C=O) groups is 1. The molecule has 1 heterocycles. The van der Waals surface area contributed by atoms with Crippen molar-refractivity contribution in [2.45, 2.75) is 24.7 Å². The minimum absolute atomic E-state index is 0.0671. The van der Waals surface area contributed by atoms with E-state index in [-0.39, 0.29) is 13.0 Å². The maximum atomic E-state index is 12.5. The van der Waals surface area contributed by atoms with Gasteiger partial charge in [-0.1, -0.05) is 0 Å². The fourth-order valence-corrected chi connectivity index (χ4v) is 2.05. The second-order valence-corrected chi connectivity index (χ2v) is 3.86. The number of aliphatic carboxylic acids is 1. The highest BCUT2D eigenvalue weighted by Gasteiger charge is 2.52. The summed E-state index contributed by atoms with van der Waals surface area (Å²) in [6, 6.07) is -2.90. The molecule has 1 fully saturated rings. The third kappa shape index (κ3) is 2.60. The second-order valence-electron chi connectivity index (χ2n) is 3.86. The average molecular weight is 226 g/mol. The molecule has 88 valence electrons. The van der Waals surface area contributed by atoms with Crippen LogP contribution in [-0.2, 0) is 4.79 Å². The molecule has 0 aromatic carbocycles. The third-order valence-corrected chi connectivity index (χ3v) is 2.68. The quantitative estimate of drug-likeness (QED) is 0.709. The molecule has 3 N–H and O–H groups in total. The van der Waals surface area contributed by atoms with E-state index in [0.29, 0.717) is 0 Å². The van der Waals surface area contributed by atoms with E-state index >= 15 is 0 Å². The summed E-state index contributed by atoms with van der Waals surface area (Å²) in [5.41, 5.74) is 5.42. The van der Waals surface area contributed by atoms with Crippen LogP contribution < -0.4 is 5.73 Å². The van der Waals surface area contributed by atoms with Gasteiger partial charge in [0.25, 0.3) is 0 Å². The number of nitrogens with zero attached hydrogens (tertiary/aromatic N) is 1. The topological polar surface area (TPSA) is 66.6 Å². The van der Waals surface area contributed by atoms with E-state index in [4.69, 9.17) is 10.8 Å². The van der Waals surface area contributed by atoms with E-state index in [0.717, 1.165) is 4.90 Å². The SMILES string of the molecule is CN1CC(CC(=O)O)C(N)C1C(F)(F)F. The van der Waals surface area contributed by atoms with Crippen LogP contribution in [0.5, 0.6) is 0 Å². The zero-order valence-electron chi connectivity index (χ0n) is 8.16. The van der Waals surface area contributed by atoms with E-state index < -0.39 is 30.1 Å². The molecule has 1 aliphatic rings. The standard InChI is InChI=1S/C8H13F3N2O2/c1-13-3-4(2-5(14)15)6(12)7(13)8(9,10)11/h4,6-7H,2-3,12H2,1H3,(H,14,15). The van der Waals surface area contributed by atoms with Crippen molar-refractivity contribution in [3.05, 3.63) is 0 Å². The van der Waals surface area contributed by atoms with Crippen LogP contribution in [0.25, 0.3) is 0 Å². The lowest BCUT2D eigenvalue weighted by Crippen LogP contribution is -2.49. The van der Waals surface area contributed by atoms with Gasteiger partial charge in [-0.15, -0.1) is 0 Å². The summed E-state index contributed by atoms with van der Waals surface area (Å²) in [5.74, 6) is -1.76. The Balaban J connectivity index is 2.74. The summed E-state index contributed by atoms with van der Waals surface area (Å²) in [6.07, 6.45) is -4.72. The van der Waals surface area contributed by atoms with Crippen molar-refractivity contribution in [1.29, 1.82) is 0 Å². The van der Waals surface area contributed by atoms with Crippen LogP contribution in [0.1, 0.15) is 6.42 Å². The third-order valence-electron chi connectivity index (χ3n) is 2.68. The van der Waals surface area contributed by atoms with Gasteiger partial charge in [0.15, 0.2) is 0 Å². The molecule has 0 amide bonds. The van der Waals surface area contributed by atoms with Gasteiger partial charge >= 0.3 is 12.1 Å². The zero-order chi connectivity index (χ0) is 11.8. The van der Waals surface area contributed by atoms with Gasteiger partial charge in [-0.2, -0.15) is 13.2 Å². The van der Waals surface area contributed by atoms with Crippen molar-refractivity contribution < 1.29 is 23.1 Å². The minimum atomic E-state index is -4.40. The van der Waals surface area contributed by atoms with Crippen molar-refractivity contribution in [2.75, 3.05) is 13.6 Å². The molecular formula is C8H13F3N2O2. The van der Waals surface area contributed by atoms with Gasteiger partial charge in [-0.05, 0) is 13.0 Å². The largest absolute Gasteiger partial charge is 0.481 e. The highest BCUT2D eigenvalue weighted by Crippen LogP contribution is 2.34. The summed E-state index contributed by atoms with van der Waals surface area (Å²) < 4.78 is 37.5. The van der Waals surface area contributed by atoms with Gasteiger partial charge in [-0.3, -0.25) is 9.69 Å². The molecule has 7 heteroatoms. The molecule has 15 heavy (non-hydrogen) atoms. The first-order valence-corrected chi connectivity index (χ1v) is 4.48. The smallest absolute Gasteiger partial charge is 0.405 e. The number of hydrogen-bond acceptors (Lipinski definition) is 3. The molecule has 1 aliphatic heterocycles. The first-order chi connectivity index (χ1) is 6.73. The Morgan fingerprint density at radius 3 is 2.47 bits per heavy atom. The molecule has 0 radical (unpaired) electrons. The predicted molar refractivity (Wildman–Crippen MR) is 46.2 cm³/mol. The highest BCUT2D eigenvalue weighted by atomic mass is 19.4. The van der Waals surface area contributed by atoms with Gasteiger partial charge in [0.05, 0.1) is 6.42 Å². The Morgan fingerprint density at radius 2 is 2.13 bits per heavy atom. The summed E-state index contributed by atoms with van der Waals surface area (Å²) >= 11 is 0. The number of carboxylic acids is 1. The number of likely N-dealkylation sites (N-methyl/N-ethyl adjacent to an activating group) is 1. The Kier molecular flexibility index (Phi) is 3.25. The highest BCUT2D eigenvalue weighted by molar-refractivity contribution is 5.67. The zero-order valence-corrected chi connectivity index (χ0v) is 8.16. The lowest BCUT2D eigenvalue weighted by molar-refractivity contribution is -0.176. The van der Waals surface area contributed by atoms with Crippen molar-refractivity contribution in [3.63, 3.8) is 0 Å². The van der Waals surface area contributed by atoms with Crippen LogP contribution in [-0.4, -0.2) is 47.8 Å². The number of rotatable bonds is 2. The summed E-state index contributed by atoms with van der Waals surface area (Å²) in [5, 5.41) is 8.51. The number of carboxylic acid groups (broad SMARTS) is 1. The molecule has 3 unspecified atom stereocenters. The predicted octanol–water partition coefficient (Wildman–Crippen LogP) is 0.281. The first kappa shape index (κ1) is 12.3. The summed E-state index contributed by atoms with van der Waals surface area (Å²) in [7, 11) is 1.31. The lowest BCUT2D eigenvalue weighted by atomic mass is 9.96. The van der Waals surface area contributed by atoms with Crippen molar-refractivity contribution >= 4 is 5.97 Å². The van der Waals surface area contributed by atoms with Crippen LogP contribution in [0.15, 0.2) is 0 Å². The van der Waals surface area contributed by atoms with E-state index in [1.807, 2.05) is 0 Å². The van der Waals surface area contributed by atoms with E-state index in [2.05, 4.69) is 0 Å². The second kappa shape index (κ2) is 3.97. The number of halogens is 3. The Labute approximate surface area is 84.8 Å². The van der Waals surface area contributed by atoms with Gasteiger partial charge in [0.2, 0.25) is 0 Å². The van der Waals surface area contributed by atoms with Gasteiger partial charge in [-0.25, -0.2) is 0 Å². The van der Waals surface area contributed by atoms with E-state index in [1.54, 1.807) is 0 Å². The van der Waals surface area contributed by atoms with Crippen LogP contribution in [0.4, 0.5) is 13.2 Å². The Morgan fingerprint density at radius 1 is 1.60 bits per heavy atom. The van der Waals surface area contributed by atoms with Crippen LogP contribution in [0, 0.1) is 5.92 Å². The summed E-state index contributed by atoms with van der Waals surface area (Å²) in [4.78, 5) is 11.5. The molecule has 1 saturated heterocycles. The van der Waals surface area contributed by atoms with Crippen molar-refractivity contribution in [1.82, 2.24) is 4.90 Å². The molecule has 4 nitrogen and oxygen atoms in total. The van der Waals surface area contributed by atoms with Gasteiger partial charge in [0, 0.05) is 12.6 Å². The minimum Gasteiger partial charge on any atom is -0.481 e. The molecule has 0 saturated carbocycles. The van der Waals surface area contributed by atoms with Crippen LogP contribution in [0.3, 0.4) is 0 Å². The molecule has 0 spiro atoms. The number of hydrogen-bond donors (Lipinski definition) is 2. The monoisotopic (exact) mass is 226 g/mol. The van der Waals surface area contributed by atoms with Gasteiger partial charge < -0.3 is 10.8 Å². The maximum Gasteiger partial charge on any atom is 0.405 e. The fraction of sp³-hybridized carbons (Fsp3) is 0.875. The molecule has 0 aromatic rings. The molecule has 0 bridgehead atoms.